The lowest BCUT2D eigenvalue weighted by molar-refractivity contribution is -0.192. The number of aliphatic carboxylic acids is 1. The Kier molecular flexibility index (Phi) is 9.68. The van der Waals surface area contributed by atoms with E-state index >= 15 is 0 Å². The van der Waals surface area contributed by atoms with Crippen LogP contribution in [0.1, 0.15) is 27.8 Å². The molecule has 0 unspecified atom stereocenters. The van der Waals surface area contributed by atoms with Crippen LogP contribution in [0, 0.1) is 11.8 Å². The maximum atomic E-state index is 13.7. The van der Waals surface area contributed by atoms with E-state index in [0.717, 1.165) is 26.2 Å². The number of nitrogens with zero attached hydrogens (tertiary/aromatic N) is 4. The molecule has 4 rings (SSSR count). The van der Waals surface area contributed by atoms with Gasteiger partial charge in [0.2, 0.25) is 5.95 Å². The molecule has 3 aromatic rings. The number of piperazine rings is 1. The van der Waals surface area contributed by atoms with Gasteiger partial charge in [-0.25, -0.2) is 14.6 Å². The third kappa shape index (κ3) is 6.86. The first-order chi connectivity index (χ1) is 19.0. The number of fused-ring (bicyclic) bond motifs is 1. The van der Waals surface area contributed by atoms with Crippen molar-refractivity contribution in [2.45, 2.75) is 26.2 Å². The summed E-state index contributed by atoms with van der Waals surface area (Å²) in [6.07, 6.45) is -5.08. The minimum atomic E-state index is -5.08. The molecule has 0 spiro atoms. The van der Waals surface area contributed by atoms with Crippen molar-refractivity contribution in [1.29, 1.82) is 0 Å². The first kappa shape index (κ1) is 29.9. The Morgan fingerprint density at radius 1 is 1.12 bits per heavy atom. The summed E-state index contributed by atoms with van der Waals surface area (Å²) in [6, 6.07) is 10.2. The van der Waals surface area contributed by atoms with Crippen molar-refractivity contribution in [2.24, 2.45) is 0 Å². The number of aromatic nitrogens is 3. The number of nitrogens with one attached hydrogen (secondary N) is 1. The number of rotatable bonds is 6. The second-order valence-corrected chi connectivity index (χ2v) is 8.40. The van der Waals surface area contributed by atoms with Crippen molar-refractivity contribution in [3.63, 3.8) is 0 Å². The first-order valence-electron chi connectivity index (χ1n) is 12.0. The molecule has 11 nitrogen and oxygen atoms in total. The van der Waals surface area contributed by atoms with Crippen LogP contribution >= 0.6 is 0 Å². The predicted molar refractivity (Wildman–Crippen MR) is 138 cm³/mol. The molecule has 0 atom stereocenters. The maximum absolute atomic E-state index is 13.7. The monoisotopic (exact) mass is 561 g/mol. The summed E-state index contributed by atoms with van der Waals surface area (Å²) in [6.45, 7) is 4.76. The summed E-state index contributed by atoms with van der Waals surface area (Å²) < 4.78 is 39.6. The average Bonchev–Trinajstić information content (AvgIpc) is 3.32. The van der Waals surface area contributed by atoms with Gasteiger partial charge in [-0.15, -0.1) is 5.92 Å². The van der Waals surface area contributed by atoms with Gasteiger partial charge in [-0.2, -0.15) is 13.2 Å². The second-order valence-electron chi connectivity index (χ2n) is 8.40. The number of carbonyl (C=O) groups excluding carboxylic acids is 2. The number of benzene rings is 1. The molecule has 14 heteroatoms. The SMILES string of the molecule is CC#CCn1c(N2CCNCC2)nc2cc(C(=O)OC)n(CC(=O)c3ccccc3)c(=O)c21.O=C(O)C(F)(F)F. The van der Waals surface area contributed by atoms with Gasteiger partial charge in [0.15, 0.2) is 5.78 Å². The summed E-state index contributed by atoms with van der Waals surface area (Å²) in [5.41, 5.74) is 0.628. The number of halogens is 3. The molecule has 2 aromatic heterocycles. The van der Waals surface area contributed by atoms with E-state index in [2.05, 4.69) is 22.1 Å². The molecule has 0 saturated carbocycles. The number of anilines is 1. The van der Waals surface area contributed by atoms with Crippen molar-refractivity contribution in [3.8, 4) is 11.8 Å². The molecule has 2 N–H and O–H groups in total. The molecular formula is C26H26F3N5O6. The Morgan fingerprint density at radius 2 is 1.75 bits per heavy atom. The normalized spacial score (nSPS) is 13.1. The topological polar surface area (TPSA) is 136 Å². The Balaban J connectivity index is 0.000000559. The molecule has 1 aromatic carbocycles. The van der Waals surface area contributed by atoms with Gasteiger partial charge in [-0.05, 0) is 13.0 Å². The minimum absolute atomic E-state index is 0.0163. The highest BCUT2D eigenvalue weighted by molar-refractivity contribution is 5.97. The molecule has 1 saturated heterocycles. The van der Waals surface area contributed by atoms with Gasteiger partial charge < -0.3 is 20.1 Å². The number of pyridine rings is 1. The maximum Gasteiger partial charge on any atom is 0.490 e. The molecule has 0 amide bonds. The van der Waals surface area contributed by atoms with Gasteiger partial charge in [-0.1, -0.05) is 36.3 Å². The van der Waals surface area contributed by atoms with Crippen LogP contribution in [0.15, 0.2) is 41.2 Å². The van der Waals surface area contributed by atoms with Crippen LogP contribution in [0.25, 0.3) is 11.0 Å². The minimum Gasteiger partial charge on any atom is -0.475 e. The molecule has 1 aliphatic rings. The van der Waals surface area contributed by atoms with Crippen LogP contribution < -0.4 is 15.8 Å². The van der Waals surface area contributed by atoms with Gasteiger partial charge in [-0.3, -0.25) is 18.7 Å². The Morgan fingerprint density at radius 3 is 2.30 bits per heavy atom. The van der Waals surface area contributed by atoms with Crippen LogP contribution in [0.3, 0.4) is 0 Å². The van der Waals surface area contributed by atoms with Crippen molar-refractivity contribution < 1.29 is 37.4 Å². The van der Waals surface area contributed by atoms with Gasteiger partial charge in [0.1, 0.15) is 11.2 Å². The van der Waals surface area contributed by atoms with E-state index in [4.69, 9.17) is 19.6 Å². The van der Waals surface area contributed by atoms with Crippen molar-refractivity contribution >= 4 is 34.7 Å². The summed E-state index contributed by atoms with van der Waals surface area (Å²) >= 11 is 0. The van der Waals surface area contributed by atoms with E-state index in [1.54, 1.807) is 41.8 Å². The predicted octanol–water partition coefficient (Wildman–Crippen LogP) is 1.93. The number of carboxylic acids is 1. The standard InChI is InChI=1S/C24H25N5O4.C2HF3O2/c1-3-4-12-28-21-18(26-24(28)27-13-10-25-11-14-27)15-19(23(32)33-2)29(22(21)31)16-20(30)17-8-6-5-7-9-17;3-2(4,5)1(6)7/h5-9,15,25H,10-14,16H2,1-2H3;(H,6,7). The number of carbonyl (C=O) groups is 3. The van der Waals surface area contributed by atoms with E-state index in [-0.39, 0.29) is 24.6 Å². The van der Waals surface area contributed by atoms with E-state index in [0.29, 0.717) is 22.5 Å². The Labute approximate surface area is 226 Å². The van der Waals surface area contributed by atoms with Crippen molar-refractivity contribution in [2.75, 3.05) is 38.2 Å². The second kappa shape index (κ2) is 12.9. The number of hydrogen-bond acceptors (Lipinski definition) is 8. The Bertz CT molecular complexity index is 1510. The molecule has 40 heavy (non-hydrogen) atoms. The zero-order valence-electron chi connectivity index (χ0n) is 21.6. The number of carboxylic acid groups (broad SMARTS) is 1. The highest BCUT2D eigenvalue weighted by Crippen LogP contribution is 2.22. The van der Waals surface area contributed by atoms with Gasteiger partial charge >= 0.3 is 18.1 Å². The zero-order chi connectivity index (χ0) is 29.4. The number of Topliss-reactive ketones (excluding diaryl/α,β-unsaturated/α-hetero) is 1. The summed E-state index contributed by atoms with van der Waals surface area (Å²) in [5.74, 6) is 2.74. The number of methoxy groups -OCH3 is 1. The van der Waals surface area contributed by atoms with E-state index in [1.165, 1.54) is 17.7 Å². The fraction of sp³-hybridized carbons (Fsp3) is 0.346. The number of imidazole rings is 1. The summed E-state index contributed by atoms with van der Waals surface area (Å²) in [4.78, 5) is 54.8. The molecule has 212 valence electrons. The molecule has 1 fully saturated rings. The van der Waals surface area contributed by atoms with Crippen LogP contribution in [0.4, 0.5) is 19.1 Å². The first-order valence-corrected chi connectivity index (χ1v) is 12.0. The molecule has 3 heterocycles. The van der Waals surface area contributed by atoms with Crippen molar-refractivity contribution in [3.05, 3.63) is 58.0 Å². The molecular weight excluding hydrogens is 535 g/mol. The Hall–Kier alpha value is -4.64. The lowest BCUT2D eigenvalue weighted by atomic mass is 10.1. The third-order valence-corrected chi connectivity index (χ3v) is 5.83. The largest absolute Gasteiger partial charge is 0.490 e. The lowest BCUT2D eigenvalue weighted by Crippen LogP contribution is -2.44. The fourth-order valence-corrected chi connectivity index (χ4v) is 3.93. The number of ketones is 1. The van der Waals surface area contributed by atoms with Crippen LogP contribution in [0.5, 0.6) is 0 Å². The third-order valence-electron chi connectivity index (χ3n) is 5.83. The number of alkyl halides is 3. The van der Waals surface area contributed by atoms with E-state index in [1.807, 2.05) is 0 Å². The van der Waals surface area contributed by atoms with Gasteiger partial charge in [0.25, 0.3) is 5.56 Å². The van der Waals surface area contributed by atoms with Crippen LogP contribution in [0.2, 0.25) is 0 Å². The van der Waals surface area contributed by atoms with Crippen molar-refractivity contribution in [1.82, 2.24) is 19.4 Å². The van der Waals surface area contributed by atoms with E-state index < -0.39 is 23.7 Å². The number of esters is 1. The number of ether oxygens (including phenoxy) is 1. The summed E-state index contributed by atoms with van der Waals surface area (Å²) in [5, 5.41) is 10.4. The highest BCUT2D eigenvalue weighted by atomic mass is 19.4. The lowest BCUT2D eigenvalue weighted by Gasteiger charge is -2.28. The van der Waals surface area contributed by atoms with Gasteiger partial charge in [0.05, 0.1) is 25.7 Å². The summed E-state index contributed by atoms with van der Waals surface area (Å²) in [7, 11) is 1.24. The quantitative estimate of drug-likeness (QED) is 0.263. The number of hydrogen-bond donors (Lipinski definition) is 2. The molecule has 0 bridgehead atoms. The molecule has 0 radical (unpaired) electrons. The smallest absolute Gasteiger partial charge is 0.475 e. The molecule has 0 aliphatic carbocycles. The van der Waals surface area contributed by atoms with Crippen LogP contribution in [-0.4, -0.2) is 76.4 Å². The average molecular weight is 562 g/mol. The van der Waals surface area contributed by atoms with Gasteiger partial charge in [0, 0.05) is 31.7 Å². The fourth-order valence-electron chi connectivity index (χ4n) is 3.93. The molecule has 1 aliphatic heterocycles. The zero-order valence-corrected chi connectivity index (χ0v) is 21.6. The highest BCUT2D eigenvalue weighted by Gasteiger charge is 2.38. The van der Waals surface area contributed by atoms with Crippen LogP contribution in [-0.2, 0) is 22.6 Å². The van der Waals surface area contributed by atoms with E-state index in [9.17, 15) is 27.6 Å².